The van der Waals surface area contributed by atoms with E-state index < -0.39 is 0 Å². The molecule has 0 amide bonds. The van der Waals surface area contributed by atoms with Crippen molar-refractivity contribution in [3.63, 3.8) is 0 Å². The van der Waals surface area contributed by atoms with Crippen molar-refractivity contribution in [3.05, 3.63) is 0 Å². The van der Waals surface area contributed by atoms with Gasteiger partial charge >= 0.3 is 0 Å². The van der Waals surface area contributed by atoms with Crippen LogP contribution in [0.4, 0.5) is 0 Å². The number of nitrogens with zero attached hydrogens (tertiary/aromatic N) is 1. The molecule has 0 spiro atoms. The first-order chi connectivity index (χ1) is 4.68. The normalized spacial score (nSPS) is 53.4. The van der Waals surface area contributed by atoms with Crippen molar-refractivity contribution in [1.29, 1.82) is 0 Å². The third-order valence-corrected chi connectivity index (χ3v) is 3.04. The number of fused-ring (bicyclic) bond motifs is 3. The molecule has 2 heteroatoms. The van der Waals surface area contributed by atoms with E-state index in [0.717, 1.165) is 5.92 Å². The van der Waals surface area contributed by atoms with E-state index in [1.165, 1.54) is 32.4 Å². The highest BCUT2D eigenvalue weighted by Gasteiger charge is 2.39. The third kappa shape index (κ3) is 0.867. The van der Waals surface area contributed by atoms with Crippen LogP contribution in [0, 0.1) is 5.92 Å². The highest BCUT2D eigenvalue weighted by molar-refractivity contribution is 4.92. The Kier molecular flexibility index (Phi) is 1.29. The average molecular weight is 140 g/mol. The molecule has 0 aromatic rings. The van der Waals surface area contributed by atoms with E-state index in [1.54, 1.807) is 0 Å². The first kappa shape index (κ1) is 6.62. The fourth-order valence-electron chi connectivity index (χ4n) is 2.36. The highest BCUT2D eigenvalue weighted by atomic mass is 15.3. The number of hydrogen-bond acceptors (Lipinski definition) is 2. The van der Waals surface area contributed by atoms with Gasteiger partial charge in [-0.3, -0.25) is 4.90 Å². The largest absolute Gasteiger partial charge is 0.313 e. The number of nitrogens with two attached hydrogens (primary N) is 1. The topological polar surface area (TPSA) is 29.3 Å². The second-order valence-electron chi connectivity index (χ2n) is 3.99. The van der Waals surface area contributed by atoms with Crippen LogP contribution < -0.4 is 5.73 Å². The number of piperidine rings is 3. The Hall–Kier alpha value is -0.0800. The molecule has 3 saturated heterocycles. The molecule has 2 nitrogen and oxygen atoms in total. The molecule has 0 radical (unpaired) electrons. The lowest BCUT2D eigenvalue weighted by Gasteiger charge is -2.50. The van der Waals surface area contributed by atoms with Gasteiger partial charge in [0.05, 0.1) is 5.66 Å². The summed E-state index contributed by atoms with van der Waals surface area (Å²) in [5.74, 6) is 0.931. The van der Waals surface area contributed by atoms with Crippen molar-refractivity contribution < 1.29 is 0 Å². The number of rotatable bonds is 0. The Morgan fingerprint density at radius 2 is 2.00 bits per heavy atom. The van der Waals surface area contributed by atoms with Crippen LogP contribution >= 0.6 is 0 Å². The van der Waals surface area contributed by atoms with Gasteiger partial charge in [-0.25, -0.2) is 0 Å². The molecule has 2 bridgehead atoms. The molecule has 3 fully saturated rings. The molecule has 0 aromatic heterocycles. The molecule has 3 rings (SSSR count). The summed E-state index contributed by atoms with van der Waals surface area (Å²) >= 11 is 0. The van der Waals surface area contributed by atoms with E-state index in [9.17, 15) is 0 Å². The lowest BCUT2D eigenvalue weighted by Crippen LogP contribution is -2.61. The Morgan fingerprint density at radius 3 is 2.20 bits per heavy atom. The molecular weight excluding hydrogens is 124 g/mol. The van der Waals surface area contributed by atoms with Gasteiger partial charge in [-0.2, -0.15) is 0 Å². The third-order valence-electron chi connectivity index (χ3n) is 3.04. The van der Waals surface area contributed by atoms with Gasteiger partial charge in [0.15, 0.2) is 0 Å². The maximum absolute atomic E-state index is 6.09. The Balaban J connectivity index is 2.15. The van der Waals surface area contributed by atoms with Crippen molar-refractivity contribution >= 4 is 0 Å². The number of hydrogen-bond donors (Lipinski definition) is 1. The predicted molar refractivity (Wildman–Crippen MR) is 41.5 cm³/mol. The fourth-order valence-corrected chi connectivity index (χ4v) is 2.36. The van der Waals surface area contributed by atoms with E-state index in [2.05, 4.69) is 11.8 Å². The van der Waals surface area contributed by atoms with Gasteiger partial charge in [-0.1, -0.05) is 0 Å². The van der Waals surface area contributed by atoms with E-state index in [1.807, 2.05) is 0 Å². The lowest BCUT2D eigenvalue weighted by atomic mass is 9.81. The van der Waals surface area contributed by atoms with Crippen LogP contribution in [-0.4, -0.2) is 23.7 Å². The molecule has 2 N–H and O–H groups in total. The zero-order valence-electron chi connectivity index (χ0n) is 6.64. The van der Waals surface area contributed by atoms with Gasteiger partial charge in [0.25, 0.3) is 0 Å². The van der Waals surface area contributed by atoms with Gasteiger partial charge in [0.2, 0.25) is 0 Å². The van der Waals surface area contributed by atoms with Crippen LogP contribution in [0.15, 0.2) is 0 Å². The van der Waals surface area contributed by atoms with Crippen LogP contribution in [0.25, 0.3) is 0 Å². The molecule has 3 heterocycles. The van der Waals surface area contributed by atoms with Crippen molar-refractivity contribution in [2.75, 3.05) is 13.1 Å². The minimum atomic E-state index is 0.0289. The minimum Gasteiger partial charge on any atom is -0.313 e. The van der Waals surface area contributed by atoms with Crippen LogP contribution in [0.2, 0.25) is 0 Å². The van der Waals surface area contributed by atoms with Crippen molar-refractivity contribution in [2.24, 2.45) is 11.7 Å². The van der Waals surface area contributed by atoms with Gasteiger partial charge in [0, 0.05) is 13.1 Å². The molecular formula is C8H16N2. The van der Waals surface area contributed by atoms with Crippen LogP contribution in [0.1, 0.15) is 26.2 Å². The molecule has 0 saturated carbocycles. The summed E-state index contributed by atoms with van der Waals surface area (Å²) in [5, 5.41) is 0. The van der Waals surface area contributed by atoms with E-state index in [0.29, 0.717) is 0 Å². The summed E-state index contributed by atoms with van der Waals surface area (Å²) in [6.07, 6.45) is 3.98. The molecule has 1 atom stereocenters. The van der Waals surface area contributed by atoms with E-state index in [4.69, 9.17) is 5.73 Å². The summed E-state index contributed by atoms with van der Waals surface area (Å²) in [7, 11) is 0. The Bertz CT molecular complexity index is 134. The van der Waals surface area contributed by atoms with Crippen molar-refractivity contribution in [2.45, 2.75) is 31.8 Å². The first-order valence-electron chi connectivity index (χ1n) is 4.22. The fraction of sp³-hybridized carbons (Fsp3) is 1.00. The van der Waals surface area contributed by atoms with Crippen molar-refractivity contribution in [3.8, 4) is 0 Å². The maximum atomic E-state index is 6.09. The zero-order valence-corrected chi connectivity index (χ0v) is 6.64. The molecule has 0 aliphatic carbocycles. The molecule has 10 heavy (non-hydrogen) atoms. The van der Waals surface area contributed by atoms with Crippen molar-refractivity contribution in [1.82, 2.24) is 4.90 Å². The van der Waals surface area contributed by atoms with E-state index in [-0.39, 0.29) is 5.66 Å². The van der Waals surface area contributed by atoms with Crippen LogP contribution in [0.5, 0.6) is 0 Å². The average Bonchev–Trinajstić information content (AvgIpc) is 1.87. The standard InChI is InChI=1S/C8H16N2/c1-8(9)6-7-2-4-10(8)5-3-7/h7H,2-6,9H2,1H3. The maximum Gasteiger partial charge on any atom is 0.0660 e. The minimum absolute atomic E-state index is 0.0289. The monoisotopic (exact) mass is 140 g/mol. The lowest BCUT2D eigenvalue weighted by molar-refractivity contribution is -0.0138. The zero-order chi connectivity index (χ0) is 7.19. The van der Waals surface area contributed by atoms with Gasteiger partial charge in [0.1, 0.15) is 0 Å². The highest BCUT2D eigenvalue weighted by Crippen LogP contribution is 2.35. The summed E-state index contributed by atoms with van der Waals surface area (Å²) < 4.78 is 0. The Morgan fingerprint density at radius 1 is 1.40 bits per heavy atom. The second-order valence-corrected chi connectivity index (χ2v) is 3.99. The van der Waals surface area contributed by atoms with Gasteiger partial charge in [-0.15, -0.1) is 0 Å². The smallest absolute Gasteiger partial charge is 0.0660 e. The SMILES string of the molecule is CC1(N)CC2CCN1CC2. The first-order valence-corrected chi connectivity index (χ1v) is 4.22. The molecule has 3 aliphatic rings. The summed E-state index contributed by atoms with van der Waals surface area (Å²) in [5.41, 5.74) is 6.12. The quantitative estimate of drug-likeness (QED) is 0.538. The summed E-state index contributed by atoms with van der Waals surface area (Å²) in [4.78, 5) is 2.42. The second kappa shape index (κ2) is 1.95. The van der Waals surface area contributed by atoms with Crippen LogP contribution in [-0.2, 0) is 0 Å². The Labute approximate surface area is 62.4 Å². The molecule has 1 unspecified atom stereocenters. The predicted octanol–water partition coefficient (Wildman–Crippen LogP) is 0.777. The summed E-state index contributed by atoms with van der Waals surface area (Å²) in [6, 6.07) is 0. The van der Waals surface area contributed by atoms with E-state index >= 15 is 0 Å². The molecule has 3 aliphatic heterocycles. The van der Waals surface area contributed by atoms with Gasteiger partial charge in [-0.05, 0) is 32.1 Å². The van der Waals surface area contributed by atoms with Gasteiger partial charge < -0.3 is 5.73 Å². The molecule has 0 aromatic carbocycles. The summed E-state index contributed by atoms with van der Waals surface area (Å²) in [6.45, 7) is 4.63. The molecule has 58 valence electrons. The van der Waals surface area contributed by atoms with Crippen LogP contribution in [0.3, 0.4) is 0 Å².